The Bertz CT molecular complexity index is 494. The fraction of sp³-hybridized carbons (Fsp3) is 0.222. The van der Waals surface area contributed by atoms with E-state index in [0.29, 0.717) is 4.77 Å². The highest BCUT2D eigenvalue weighted by Gasteiger charge is 2.02. The normalized spacial score (nSPS) is 10.4. The number of nitrogens with zero attached hydrogens (tertiary/aromatic N) is 3. The van der Waals surface area contributed by atoms with Gasteiger partial charge in [-0.2, -0.15) is 5.10 Å². The van der Waals surface area contributed by atoms with Crippen LogP contribution in [0.5, 0.6) is 0 Å². The van der Waals surface area contributed by atoms with Gasteiger partial charge in [0.05, 0.1) is 11.9 Å². The summed E-state index contributed by atoms with van der Waals surface area (Å²) in [5.74, 6) is 0.834. The number of pyridine rings is 1. The summed E-state index contributed by atoms with van der Waals surface area (Å²) in [7, 11) is 0. The van der Waals surface area contributed by atoms with Gasteiger partial charge in [-0.1, -0.05) is 0 Å². The molecule has 0 radical (unpaired) electrons. The van der Waals surface area contributed by atoms with Gasteiger partial charge >= 0.3 is 0 Å². The van der Waals surface area contributed by atoms with Crippen molar-refractivity contribution < 1.29 is 0 Å². The molecule has 2 aromatic rings. The maximum atomic E-state index is 5.10. The van der Waals surface area contributed by atoms with Crippen LogP contribution in [0.1, 0.15) is 11.5 Å². The van der Waals surface area contributed by atoms with Crippen LogP contribution in [-0.4, -0.2) is 19.7 Å². The number of rotatable bonds is 1. The molecular weight excluding hydrogens is 196 g/mol. The van der Waals surface area contributed by atoms with Gasteiger partial charge < -0.3 is 0 Å². The van der Waals surface area contributed by atoms with E-state index in [1.165, 1.54) is 0 Å². The smallest absolute Gasteiger partial charge is 0.199 e. The highest BCUT2D eigenvalue weighted by molar-refractivity contribution is 7.71. The van der Waals surface area contributed by atoms with Gasteiger partial charge in [-0.25, -0.2) is 0 Å². The van der Waals surface area contributed by atoms with Gasteiger partial charge in [0.1, 0.15) is 5.82 Å². The summed E-state index contributed by atoms with van der Waals surface area (Å²) in [6.45, 7) is 3.84. The zero-order valence-electron chi connectivity index (χ0n) is 7.98. The van der Waals surface area contributed by atoms with Crippen molar-refractivity contribution in [3.05, 3.63) is 34.6 Å². The number of H-pyrrole nitrogens is 1. The highest BCUT2D eigenvalue weighted by atomic mass is 32.1. The Balaban J connectivity index is 2.60. The van der Waals surface area contributed by atoms with Gasteiger partial charge in [0.2, 0.25) is 0 Å². The van der Waals surface area contributed by atoms with Gasteiger partial charge in [-0.05, 0) is 38.2 Å². The van der Waals surface area contributed by atoms with E-state index in [2.05, 4.69) is 15.2 Å². The summed E-state index contributed by atoms with van der Waals surface area (Å²) >= 11 is 5.10. The van der Waals surface area contributed by atoms with E-state index in [9.17, 15) is 0 Å². The molecule has 0 aromatic carbocycles. The molecule has 0 atom stereocenters. The van der Waals surface area contributed by atoms with Crippen LogP contribution in [0, 0.1) is 18.6 Å². The third-order valence-electron chi connectivity index (χ3n) is 1.99. The van der Waals surface area contributed by atoms with Crippen LogP contribution in [0.3, 0.4) is 0 Å². The molecule has 1 N–H and O–H groups in total. The summed E-state index contributed by atoms with van der Waals surface area (Å²) < 4.78 is 2.44. The molecule has 0 bridgehead atoms. The molecule has 0 spiro atoms. The summed E-state index contributed by atoms with van der Waals surface area (Å²) in [6, 6.07) is 3.92. The Morgan fingerprint density at radius 2 is 2.14 bits per heavy atom. The number of aromatic nitrogens is 4. The first-order valence-electron chi connectivity index (χ1n) is 4.25. The zero-order chi connectivity index (χ0) is 10.1. The van der Waals surface area contributed by atoms with E-state index < -0.39 is 0 Å². The molecule has 2 rings (SSSR count). The van der Waals surface area contributed by atoms with Crippen molar-refractivity contribution in [1.29, 1.82) is 0 Å². The minimum Gasteiger partial charge on any atom is -0.271 e. The molecule has 0 aliphatic carbocycles. The average Bonchev–Trinajstić information content (AvgIpc) is 2.49. The molecule has 5 heteroatoms. The highest BCUT2D eigenvalue weighted by Crippen LogP contribution is 2.09. The first-order chi connectivity index (χ1) is 6.68. The molecule has 14 heavy (non-hydrogen) atoms. The Kier molecular flexibility index (Phi) is 2.17. The van der Waals surface area contributed by atoms with Crippen LogP contribution >= 0.6 is 12.2 Å². The number of hydrogen-bond acceptors (Lipinski definition) is 3. The van der Waals surface area contributed by atoms with E-state index in [4.69, 9.17) is 12.2 Å². The molecule has 4 nitrogen and oxygen atoms in total. The summed E-state index contributed by atoms with van der Waals surface area (Å²) in [4.78, 5) is 4.21. The van der Waals surface area contributed by atoms with Crippen LogP contribution in [0.2, 0.25) is 0 Å². The minimum absolute atomic E-state index is 0.591. The van der Waals surface area contributed by atoms with Gasteiger partial charge in [0.15, 0.2) is 4.77 Å². The first-order valence-corrected chi connectivity index (χ1v) is 4.66. The van der Waals surface area contributed by atoms with E-state index in [1.54, 1.807) is 6.20 Å². The van der Waals surface area contributed by atoms with Gasteiger partial charge in [-0.3, -0.25) is 14.6 Å². The molecule has 72 valence electrons. The van der Waals surface area contributed by atoms with Crippen molar-refractivity contribution in [2.24, 2.45) is 0 Å². The topological polar surface area (TPSA) is 46.5 Å². The third kappa shape index (κ3) is 1.46. The third-order valence-corrected chi connectivity index (χ3v) is 2.27. The van der Waals surface area contributed by atoms with Crippen molar-refractivity contribution in [2.75, 3.05) is 0 Å². The fourth-order valence-electron chi connectivity index (χ4n) is 1.27. The van der Waals surface area contributed by atoms with E-state index in [1.807, 2.05) is 30.5 Å². The number of aromatic amines is 1. The van der Waals surface area contributed by atoms with Crippen LogP contribution in [0.15, 0.2) is 18.3 Å². The van der Waals surface area contributed by atoms with Gasteiger partial charge in [0.25, 0.3) is 0 Å². The first kappa shape index (κ1) is 9.08. The molecule has 0 unspecified atom stereocenters. The van der Waals surface area contributed by atoms with E-state index in [-0.39, 0.29) is 0 Å². The Morgan fingerprint density at radius 3 is 2.64 bits per heavy atom. The Morgan fingerprint density at radius 1 is 1.36 bits per heavy atom. The van der Waals surface area contributed by atoms with Crippen molar-refractivity contribution in [3.63, 3.8) is 0 Å². The molecule has 2 aromatic heterocycles. The summed E-state index contributed by atoms with van der Waals surface area (Å²) in [6.07, 6.45) is 1.79. The fourth-order valence-corrected chi connectivity index (χ4v) is 1.56. The van der Waals surface area contributed by atoms with Gasteiger partial charge in [-0.15, -0.1) is 0 Å². The number of nitrogens with one attached hydrogen (secondary N) is 1. The van der Waals surface area contributed by atoms with Crippen LogP contribution in [0.4, 0.5) is 0 Å². The predicted molar refractivity (Wildman–Crippen MR) is 56.0 cm³/mol. The molecule has 0 saturated carbocycles. The van der Waals surface area contributed by atoms with Crippen LogP contribution in [-0.2, 0) is 0 Å². The molecular formula is C9H10N4S. The van der Waals surface area contributed by atoms with E-state index >= 15 is 0 Å². The van der Waals surface area contributed by atoms with Gasteiger partial charge in [0, 0.05) is 5.69 Å². The number of hydrogen-bond donors (Lipinski definition) is 1. The lowest BCUT2D eigenvalue weighted by Gasteiger charge is -2.02. The molecule has 0 saturated heterocycles. The van der Waals surface area contributed by atoms with Crippen molar-refractivity contribution in [1.82, 2.24) is 19.7 Å². The Labute approximate surface area is 86.6 Å². The molecule has 0 aliphatic heterocycles. The van der Waals surface area contributed by atoms with Crippen LogP contribution in [0.25, 0.3) is 5.69 Å². The maximum Gasteiger partial charge on any atom is 0.199 e. The molecule has 2 heterocycles. The monoisotopic (exact) mass is 206 g/mol. The zero-order valence-corrected chi connectivity index (χ0v) is 8.80. The standard InChI is InChI=1S/C9H10N4S/c1-6-3-4-8(5-10-6)13-7(2)11-12-9(13)14/h3-5H,1-2H3,(H,12,14). The van der Waals surface area contributed by atoms with Crippen molar-refractivity contribution >= 4 is 12.2 Å². The lowest BCUT2D eigenvalue weighted by molar-refractivity contribution is 0.950. The lowest BCUT2D eigenvalue weighted by Crippen LogP contribution is -1.97. The maximum absolute atomic E-state index is 5.10. The van der Waals surface area contributed by atoms with Crippen molar-refractivity contribution in [2.45, 2.75) is 13.8 Å². The van der Waals surface area contributed by atoms with Crippen LogP contribution < -0.4 is 0 Å². The number of aryl methyl sites for hydroxylation is 2. The second-order valence-corrected chi connectivity index (χ2v) is 3.46. The second kappa shape index (κ2) is 3.34. The van der Waals surface area contributed by atoms with E-state index in [0.717, 1.165) is 17.2 Å². The minimum atomic E-state index is 0.591. The Hall–Kier alpha value is -1.49. The largest absolute Gasteiger partial charge is 0.271 e. The SMILES string of the molecule is Cc1ccc(-n2c(C)n[nH]c2=S)cn1. The average molecular weight is 206 g/mol. The summed E-state index contributed by atoms with van der Waals surface area (Å²) in [5.41, 5.74) is 1.92. The lowest BCUT2D eigenvalue weighted by atomic mass is 10.3. The molecule has 0 amide bonds. The predicted octanol–water partition coefficient (Wildman–Crippen LogP) is 1.94. The molecule has 0 aliphatic rings. The second-order valence-electron chi connectivity index (χ2n) is 3.07. The quantitative estimate of drug-likeness (QED) is 0.725. The summed E-state index contributed by atoms with van der Waals surface area (Å²) in [5, 5.41) is 6.77. The van der Waals surface area contributed by atoms with Crippen molar-refractivity contribution in [3.8, 4) is 5.69 Å². The molecule has 0 fully saturated rings.